The Kier molecular flexibility index (Phi) is 2.67. The molecule has 2 aliphatic heterocycles. The molecule has 9 heteroatoms. The van der Waals surface area contributed by atoms with Gasteiger partial charge in [-0.15, -0.1) is 10.2 Å². The Morgan fingerprint density at radius 1 is 1.19 bits per heavy atom. The van der Waals surface area contributed by atoms with Gasteiger partial charge in [-0.25, -0.2) is 0 Å². The zero-order valence-corrected chi connectivity index (χ0v) is 14.6. The molecule has 0 saturated heterocycles. The quantitative estimate of drug-likeness (QED) is 0.644. The van der Waals surface area contributed by atoms with Crippen molar-refractivity contribution in [1.82, 2.24) is 29.3 Å². The number of fused-ring (bicyclic) bond motifs is 6. The third-order valence-electron chi connectivity index (χ3n) is 5.21. The van der Waals surface area contributed by atoms with Gasteiger partial charge < -0.3 is 9.42 Å². The highest BCUT2D eigenvalue weighted by molar-refractivity contribution is 6.15. The number of anilines is 1. The second-order valence-corrected chi connectivity index (χ2v) is 7.37. The molecule has 0 bridgehead atoms. The van der Waals surface area contributed by atoms with Gasteiger partial charge in [-0.1, -0.05) is 24.2 Å². The van der Waals surface area contributed by atoms with Gasteiger partial charge in [0.05, 0.1) is 11.9 Å². The van der Waals surface area contributed by atoms with E-state index in [1.54, 1.807) is 4.42 Å². The fourth-order valence-electron chi connectivity index (χ4n) is 3.69. The topological polar surface area (TPSA) is 76.1 Å². The van der Waals surface area contributed by atoms with E-state index in [2.05, 4.69) is 38.2 Å². The van der Waals surface area contributed by atoms with Crippen molar-refractivity contribution in [3.05, 3.63) is 36.3 Å². The van der Waals surface area contributed by atoms with E-state index in [9.17, 15) is 0 Å². The van der Waals surface area contributed by atoms with Crippen molar-refractivity contribution in [2.45, 2.75) is 19.3 Å². The number of halogens is 1. The van der Waals surface area contributed by atoms with Crippen LogP contribution in [0.1, 0.15) is 25.1 Å². The van der Waals surface area contributed by atoms with Gasteiger partial charge in [0.15, 0.2) is 11.6 Å². The number of para-hydroxylation sites is 1. The van der Waals surface area contributed by atoms with Crippen LogP contribution in [0.15, 0.2) is 35.0 Å². The minimum atomic E-state index is 0.381. The molecule has 2 unspecified atom stereocenters. The average Bonchev–Trinajstić information content (AvgIpc) is 3.05. The van der Waals surface area contributed by atoms with Crippen molar-refractivity contribution in [2.75, 3.05) is 11.6 Å². The Morgan fingerprint density at radius 3 is 2.85 bits per heavy atom. The van der Waals surface area contributed by atoms with Crippen molar-refractivity contribution < 1.29 is 4.52 Å². The molecule has 8 nitrogen and oxygen atoms in total. The SMILES string of the molecule is CC1CC1c1noc(-c2nnc3n2C2=CN(Cl)CN2c2ccccc2-3)n1. The molecule has 1 saturated carbocycles. The summed E-state index contributed by atoms with van der Waals surface area (Å²) in [6.45, 7) is 2.73. The molecule has 2 atom stereocenters. The summed E-state index contributed by atoms with van der Waals surface area (Å²) in [4.78, 5) is 6.68. The lowest BCUT2D eigenvalue weighted by Crippen LogP contribution is -2.28. The van der Waals surface area contributed by atoms with Gasteiger partial charge in [-0.05, 0) is 24.5 Å². The zero-order chi connectivity index (χ0) is 17.4. The number of nitrogens with zero attached hydrogens (tertiary/aromatic N) is 7. The Labute approximate surface area is 153 Å². The lowest BCUT2D eigenvalue weighted by Gasteiger charge is -2.29. The van der Waals surface area contributed by atoms with Crippen molar-refractivity contribution in [1.29, 1.82) is 0 Å². The number of benzene rings is 1. The summed E-state index contributed by atoms with van der Waals surface area (Å²) in [6.07, 6.45) is 2.96. The second kappa shape index (κ2) is 4.85. The third kappa shape index (κ3) is 1.84. The van der Waals surface area contributed by atoms with E-state index in [4.69, 9.17) is 16.3 Å². The maximum atomic E-state index is 6.27. The predicted octanol–water partition coefficient (Wildman–Crippen LogP) is 3.12. The fraction of sp³-hybridized carbons (Fsp3) is 0.294. The monoisotopic (exact) mass is 367 g/mol. The highest BCUT2D eigenvalue weighted by atomic mass is 35.5. The Morgan fingerprint density at radius 2 is 2.00 bits per heavy atom. The molecule has 3 aromatic rings. The van der Waals surface area contributed by atoms with Gasteiger partial charge >= 0.3 is 0 Å². The van der Waals surface area contributed by atoms with Crippen molar-refractivity contribution in [2.24, 2.45) is 5.92 Å². The van der Waals surface area contributed by atoms with E-state index in [1.165, 1.54) is 0 Å². The zero-order valence-electron chi connectivity index (χ0n) is 13.9. The number of hydrogen-bond donors (Lipinski definition) is 0. The predicted molar refractivity (Wildman–Crippen MR) is 94.6 cm³/mol. The van der Waals surface area contributed by atoms with Crippen LogP contribution < -0.4 is 4.90 Å². The van der Waals surface area contributed by atoms with Crippen molar-refractivity contribution in [3.8, 4) is 23.1 Å². The summed E-state index contributed by atoms with van der Waals surface area (Å²) < 4.78 is 9.05. The summed E-state index contributed by atoms with van der Waals surface area (Å²) in [7, 11) is 0. The van der Waals surface area contributed by atoms with Crippen LogP contribution in [-0.2, 0) is 0 Å². The first-order valence-corrected chi connectivity index (χ1v) is 8.85. The molecule has 2 aromatic heterocycles. The maximum absolute atomic E-state index is 6.27. The summed E-state index contributed by atoms with van der Waals surface area (Å²) in [5.74, 6) is 4.26. The van der Waals surface area contributed by atoms with Crippen LogP contribution in [0.25, 0.3) is 28.9 Å². The summed E-state index contributed by atoms with van der Waals surface area (Å²) in [6, 6.07) is 8.07. The van der Waals surface area contributed by atoms with E-state index in [1.807, 2.05) is 29.0 Å². The Bertz CT molecular complexity index is 1070. The summed E-state index contributed by atoms with van der Waals surface area (Å²) in [5.41, 5.74) is 2.04. The summed E-state index contributed by atoms with van der Waals surface area (Å²) in [5, 5.41) is 12.9. The molecular weight excluding hydrogens is 354 g/mol. The third-order valence-corrected chi connectivity index (χ3v) is 5.42. The van der Waals surface area contributed by atoms with Gasteiger partial charge in [0, 0.05) is 23.3 Å². The molecule has 130 valence electrons. The van der Waals surface area contributed by atoms with Gasteiger partial charge in [0.25, 0.3) is 5.89 Å². The first-order chi connectivity index (χ1) is 12.7. The molecule has 4 heterocycles. The largest absolute Gasteiger partial charge is 0.330 e. The van der Waals surface area contributed by atoms with Crippen LogP contribution in [0.4, 0.5) is 5.69 Å². The highest BCUT2D eigenvalue weighted by Gasteiger charge is 2.40. The molecule has 6 rings (SSSR count). The molecule has 1 aliphatic carbocycles. The molecule has 3 aliphatic rings. The number of rotatable bonds is 2. The molecule has 0 spiro atoms. The standard InChI is InChI=1S/C17H14ClN7O/c1-9-6-11(9)14-19-17(26-22-14)16-21-20-15-10-4-2-3-5-12(10)24-8-23(18)7-13(24)25(15)16/h2-5,7,9,11H,6,8H2,1H3. The normalized spacial score (nSPS) is 22.8. The second-order valence-electron chi connectivity index (χ2n) is 6.93. The van der Waals surface area contributed by atoms with Crippen molar-refractivity contribution >= 4 is 23.3 Å². The van der Waals surface area contributed by atoms with E-state index in [0.717, 1.165) is 35.1 Å². The minimum absolute atomic E-state index is 0.381. The summed E-state index contributed by atoms with van der Waals surface area (Å²) >= 11 is 6.27. The molecule has 0 radical (unpaired) electrons. The minimum Gasteiger partial charge on any atom is -0.330 e. The highest BCUT2D eigenvalue weighted by Crippen LogP contribution is 2.47. The number of aromatic nitrogens is 5. The molecule has 0 amide bonds. The van der Waals surface area contributed by atoms with Crippen LogP contribution in [0.2, 0.25) is 0 Å². The van der Waals surface area contributed by atoms with E-state index >= 15 is 0 Å². The van der Waals surface area contributed by atoms with Crippen LogP contribution in [-0.4, -0.2) is 36.0 Å². The Balaban J connectivity index is 1.54. The van der Waals surface area contributed by atoms with Crippen LogP contribution >= 0.6 is 11.8 Å². The lowest BCUT2D eigenvalue weighted by atomic mass is 10.1. The molecular formula is C17H14ClN7O. The van der Waals surface area contributed by atoms with Crippen LogP contribution in [0.5, 0.6) is 0 Å². The molecule has 0 N–H and O–H groups in total. The maximum Gasteiger partial charge on any atom is 0.296 e. The van der Waals surface area contributed by atoms with E-state index in [-0.39, 0.29) is 0 Å². The van der Waals surface area contributed by atoms with Crippen molar-refractivity contribution in [3.63, 3.8) is 0 Å². The van der Waals surface area contributed by atoms with Crippen LogP contribution in [0.3, 0.4) is 0 Å². The van der Waals surface area contributed by atoms with E-state index in [0.29, 0.717) is 30.2 Å². The first kappa shape index (κ1) is 14.3. The fourth-order valence-corrected chi connectivity index (χ4v) is 3.89. The van der Waals surface area contributed by atoms with Gasteiger partial charge in [-0.2, -0.15) is 4.98 Å². The Hall–Kier alpha value is -2.87. The van der Waals surface area contributed by atoms with Crippen LogP contribution in [0, 0.1) is 5.92 Å². The van der Waals surface area contributed by atoms with Gasteiger partial charge in [0.2, 0.25) is 5.82 Å². The average molecular weight is 368 g/mol. The smallest absolute Gasteiger partial charge is 0.296 e. The van der Waals surface area contributed by atoms with Gasteiger partial charge in [-0.3, -0.25) is 8.99 Å². The first-order valence-electron chi connectivity index (χ1n) is 8.51. The number of hydrogen-bond acceptors (Lipinski definition) is 7. The van der Waals surface area contributed by atoms with E-state index < -0.39 is 0 Å². The molecule has 1 fully saturated rings. The molecule has 1 aromatic carbocycles. The molecule has 26 heavy (non-hydrogen) atoms. The lowest BCUT2D eigenvalue weighted by molar-refractivity contribution is 0.418. The van der Waals surface area contributed by atoms with Gasteiger partial charge in [0.1, 0.15) is 12.5 Å².